The molecule has 0 saturated carbocycles. The molecular formula is C17H15ClN2O6. The molecule has 0 spiro atoms. The largest absolute Gasteiger partial charge is 0.466 e. The van der Waals surface area contributed by atoms with E-state index in [-0.39, 0.29) is 16.5 Å². The Hall–Kier alpha value is -3.26. The number of ether oxygens (including phenoxy) is 2. The third kappa shape index (κ3) is 4.87. The molecule has 0 atom stereocenters. The summed E-state index contributed by atoms with van der Waals surface area (Å²) >= 11 is 6.15. The number of methoxy groups -OCH3 is 2. The van der Waals surface area contributed by atoms with E-state index < -0.39 is 17.8 Å². The molecule has 1 aromatic heterocycles. The minimum Gasteiger partial charge on any atom is -0.466 e. The highest BCUT2D eigenvalue weighted by molar-refractivity contribution is 6.34. The number of esters is 2. The molecule has 8 nitrogen and oxygen atoms in total. The van der Waals surface area contributed by atoms with Crippen LogP contribution in [0.25, 0.3) is 0 Å². The second kappa shape index (κ2) is 8.72. The van der Waals surface area contributed by atoms with Gasteiger partial charge in [0.05, 0.1) is 37.3 Å². The number of furan rings is 1. The van der Waals surface area contributed by atoms with Gasteiger partial charge in [-0.3, -0.25) is 4.79 Å². The van der Waals surface area contributed by atoms with E-state index in [1.165, 1.54) is 38.7 Å². The fraction of sp³-hybridized carbons (Fsp3) is 0.118. The molecule has 1 aromatic carbocycles. The van der Waals surface area contributed by atoms with E-state index in [4.69, 9.17) is 16.0 Å². The van der Waals surface area contributed by atoms with Gasteiger partial charge in [-0.15, -0.1) is 0 Å². The van der Waals surface area contributed by atoms with Gasteiger partial charge in [0.15, 0.2) is 5.76 Å². The summed E-state index contributed by atoms with van der Waals surface area (Å²) in [4.78, 5) is 35.1. The molecular weight excluding hydrogens is 364 g/mol. The van der Waals surface area contributed by atoms with Gasteiger partial charge in [-0.25, -0.2) is 9.59 Å². The molecule has 9 heteroatoms. The normalized spacial score (nSPS) is 10.8. The van der Waals surface area contributed by atoms with Crippen molar-refractivity contribution in [1.82, 2.24) is 0 Å². The summed E-state index contributed by atoms with van der Waals surface area (Å²) in [7, 11) is 2.36. The van der Waals surface area contributed by atoms with Crippen molar-refractivity contribution in [2.24, 2.45) is 0 Å². The predicted octanol–water partition coefficient (Wildman–Crippen LogP) is 2.83. The van der Waals surface area contributed by atoms with Crippen LogP contribution in [-0.2, 0) is 19.1 Å². The monoisotopic (exact) mass is 378 g/mol. The van der Waals surface area contributed by atoms with E-state index in [1.807, 2.05) is 0 Å². The first kappa shape index (κ1) is 19.1. The second-order valence-electron chi connectivity index (χ2n) is 4.82. The molecule has 2 aromatic rings. The quantitative estimate of drug-likeness (QED) is 0.587. The highest BCUT2D eigenvalue weighted by atomic mass is 35.5. The van der Waals surface area contributed by atoms with Crippen molar-refractivity contribution in [2.75, 3.05) is 24.9 Å². The Balaban J connectivity index is 2.17. The lowest BCUT2D eigenvalue weighted by molar-refractivity contribution is -0.138. The average molecular weight is 379 g/mol. The minimum absolute atomic E-state index is 0.136. The van der Waals surface area contributed by atoms with Crippen LogP contribution in [0.1, 0.15) is 10.6 Å². The van der Waals surface area contributed by atoms with Crippen molar-refractivity contribution >= 4 is 40.8 Å². The maximum absolute atomic E-state index is 12.0. The molecule has 0 bridgehead atoms. The first-order valence-corrected chi connectivity index (χ1v) is 7.61. The smallest absolute Gasteiger partial charge is 0.354 e. The molecule has 1 heterocycles. The Bertz CT molecular complexity index is 845. The van der Waals surface area contributed by atoms with Crippen molar-refractivity contribution in [3.05, 3.63) is 59.2 Å². The van der Waals surface area contributed by atoms with Gasteiger partial charge in [-0.2, -0.15) is 0 Å². The third-order valence-electron chi connectivity index (χ3n) is 3.11. The first-order valence-electron chi connectivity index (χ1n) is 7.24. The molecule has 26 heavy (non-hydrogen) atoms. The molecule has 2 rings (SSSR count). The highest BCUT2D eigenvalue weighted by Crippen LogP contribution is 2.27. The Morgan fingerprint density at radius 1 is 1.12 bits per heavy atom. The topological polar surface area (TPSA) is 107 Å². The van der Waals surface area contributed by atoms with Gasteiger partial charge in [-0.1, -0.05) is 11.6 Å². The van der Waals surface area contributed by atoms with Crippen molar-refractivity contribution in [1.29, 1.82) is 0 Å². The van der Waals surface area contributed by atoms with Gasteiger partial charge in [0.25, 0.3) is 5.91 Å². The van der Waals surface area contributed by atoms with Crippen LogP contribution in [0.15, 0.2) is 52.8 Å². The number of halogens is 1. The maximum atomic E-state index is 12.0. The van der Waals surface area contributed by atoms with Gasteiger partial charge >= 0.3 is 11.9 Å². The number of hydrogen-bond acceptors (Lipinski definition) is 7. The SMILES string of the molecule is COC(=O)/C=C(/Nc1ccc(NC(=O)c2ccco2)c(Cl)c1)C(=O)OC. The van der Waals surface area contributed by atoms with Crippen LogP contribution >= 0.6 is 11.6 Å². The summed E-state index contributed by atoms with van der Waals surface area (Å²) in [6.45, 7) is 0. The number of benzene rings is 1. The van der Waals surface area contributed by atoms with Crippen LogP contribution in [0.4, 0.5) is 11.4 Å². The van der Waals surface area contributed by atoms with E-state index in [0.717, 1.165) is 6.08 Å². The van der Waals surface area contributed by atoms with Crippen LogP contribution in [0.5, 0.6) is 0 Å². The molecule has 0 aliphatic rings. The number of carbonyl (C=O) groups is 3. The van der Waals surface area contributed by atoms with Crippen LogP contribution in [0, 0.1) is 0 Å². The molecule has 0 unspecified atom stereocenters. The minimum atomic E-state index is -0.762. The number of carbonyl (C=O) groups excluding carboxylic acids is 3. The molecule has 0 fully saturated rings. The van der Waals surface area contributed by atoms with Gasteiger partial charge in [-0.05, 0) is 30.3 Å². The lowest BCUT2D eigenvalue weighted by Crippen LogP contribution is -2.15. The van der Waals surface area contributed by atoms with Crippen molar-refractivity contribution in [2.45, 2.75) is 0 Å². The van der Waals surface area contributed by atoms with E-state index >= 15 is 0 Å². The Morgan fingerprint density at radius 3 is 2.46 bits per heavy atom. The zero-order valence-electron chi connectivity index (χ0n) is 13.9. The zero-order chi connectivity index (χ0) is 19.1. The van der Waals surface area contributed by atoms with Crippen LogP contribution < -0.4 is 10.6 Å². The zero-order valence-corrected chi connectivity index (χ0v) is 14.6. The van der Waals surface area contributed by atoms with Crippen LogP contribution in [0.2, 0.25) is 5.02 Å². The summed E-state index contributed by atoms with van der Waals surface area (Å²) in [6.07, 6.45) is 2.33. The van der Waals surface area contributed by atoms with Crippen molar-refractivity contribution < 1.29 is 28.3 Å². The summed E-state index contributed by atoms with van der Waals surface area (Å²) in [5, 5.41) is 5.52. The summed E-state index contributed by atoms with van der Waals surface area (Å²) in [6, 6.07) is 7.65. The number of rotatable bonds is 6. The van der Waals surface area contributed by atoms with Crippen LogP contribution in [0.3, 0.4) is 0 Å². The number of hydrogen-bond donors (Lipinski definition) is 2. The summed E-state index contributed by atoms with van der Waals surface area (Å²) in [5.74, 6) is -1.82. The molecule has 136 valence electrons. The van der Waals surface area contributed by atoms with Gasteiger partial charge in [0.2, 0.25) is 0 Å². The molecule has 0 aliphatic heterocycles. The number of nitrogens with one attached hydrogen (secondary N) is 2. The van der Waals surface area contributed by atoms with E-state index in [1.54, 1.807) is 12.1 Å². The van der Waals surface area contributed by atoms with E-state index in [9.17, 15) is 14.4 Å². The maximum Gasteiger partial charge on any atom is 0.354 e. The van der Waals surface area contributed by atoms with Gasteiger partial charge < -0.3 is 24.5 Å². The standard InChI is InChI=1S/C17H15ClN2O6/c1-24-15(21)9-13(17(23)25-2)19-10-5-6-12(11(18)8-10)20-16(22)14-4-3-7-26-14/h3-9,19H,1-2H3,(H,20,22)/b13-9+. The summed E-state index contributed by atoms with van der Waals surface area (Å²) in [5.41, 5.74) is 0.601. The Morgan fingerprint density at radius 2 is 1.88 bits per heavy atom. The van der Waals surface area contributed by atoms with Crippen LogP contribution in [-0.4, -0.2) is 32.1 Å². The van der Waals surface area contributed by atoms with Crippen molar-refractivity contribution in [3.8, 4) is 0 Å². The summed E-state index contributed by atoms with van der Waals surface area (Å²) < 4.78 is 14.1. The van der Waals surface area contributed by atoms with Gasteiger partial charge in [0.1, 0.15) is 5.70 Å². The second-order valence-corrected chi connectivity index (χ2v) is 5.23. The number of anilines is 2. The first-order chi connectivity index (χ1) is 12.4. The average Bonchev–Trinajstić information content (AvgIpc) is 3.17. The molecule has 0 aliphatic carbocycles. The molecule has 0 saturated heterocycles. The Labute approximate surface area is 153 Å². The van der Waals surface area contributed by atoms with Crippen molar-refractivity contribution in [3.63, 3.8) is 0 Å². The lowest BCUT2D eigenvalue weighted by Gasteiger charge is -2.11. The van der Waals surface area contributed by atoms with Gasteiger partial charge in [0, 0.05) is 5.69 Å². The molecule has 0 radical (unpaired) electrons. The fourth-order valence-electron chi connectivity index (χ4n) is 1.87. The number of amides is 1. The highest BCUT2D eigenvalue weighted by Gasteiger charge is 2.15. The fourth-order valence-corrected chi connectivity index (χ4v) is 2.10. The third-order valence-corrected chi connectivity index (χ3v) is 3.42. The molecule has 1 amide bonds. The Kier molecular flexibility index (Phi) is 6.40. The lowest BCUT2D eigenvalue weighted by atomic mass is 10.2. The predicted molar refractivity (Wildman–Crippen MR) is 93.9 cm³/mol. The van der Waals surface area contributed by atoms with E-state index in [0.29, 0.717) is 11.4 Å². The molecule has 2 N–H and O–H groups in total. The van der Waals surface area contributed by atoms with E-state index in [2.05, 4.69) is 20.1 Å².